The SMILES string of the molecule is COc1cc(C(=O)O)cc(F)c1O. The van der Waals surface area contributed by atoms with Gasteiger partial charge in [-0.05, 0) is 12.1 Å². The number of hydrogen-bond donors (Lipinski definition) is 2. The van der Waals surface area contributed by atoms with Crippen LogP contribution in [0, 0.1) is 5.82 Å². The Kier molecular flexibility index (Phi) is 2.36. The van der Waals surface area contributed by atoms with Gasteiger partial charge in [-0.15, -0.1) is 0 Å². The first-order valence-electron chi connectivity index (χ1n) is 3.36. The molecule has 0 bridgehead atoms. The molecule has 70 valence electrons. The minimum atomic E-state index is -1.28. The maximum atomic E-state index is 12.8. The smallest absolute Gasteiger partial charge is 0.335 e. The van der Waals surface area contributed by atoms with Gasteiger partial charge in [-0.3, -0.25) is 0 Å². The summed E-state index contributed by atoms with van der Waals surface area (Å²) in [6, 6.07) is 1.76. The van der Waals surface area contributed by atoms with Gasteiger partial charge >= 0.3 is 5.97 Å². The second-order valence-corrected chi connectivity index (χ2v) is 2.31. The van der Waals surface area contributed by atoms with Gasteiger partial charge in [0, 0.05) is 0 Å². The maximum Gasteiger partial charge on any atom is 0.335 e. The van der Waals surface area contributed by atoms with Gasteiger partial charge in [0.1, 0.15) is 0 Å². The number of methoxy groups -OCH3 is 1. The number of carboxylic acids is 1. The molecular weight excluding hydrogens is 179 g/mol. The Bertz CT molecular complexity index is 348. The molecule has 4 nitrogen and oxygen atoms in total. The molecule has 13 heavy (non-hydrogen) atoms. The normalized spacial score (nSPS) is 9.69. The van der Waals surface area contributed by atoms with Crippen molar-refractivity contribution >= 4 is 5.97 Å². The van der Waals surface area contributed by atoms with Gasteiger partial charge in [0.05, 0.1) is 12.7 Å². The number of aromatic carboxylic acids is 1. The van der Waals surface area contributed by atoms with E-state index in [9.17, 15) is 9.18 Å². The third-order valence-electron chi connectivity index (χ3n) is 1.50. The third kappa shape index (κ3) is 1.69. The Hall–Kier alpha value is -1.78. The standard InChI is InChI=1S/C8H7FO4/c1-13-6-3-4(8(11)12)2-5(9)7(6)10/h2-3,10H,1H3,(H,11,12). The van der Waals surface area contributed by atoms with Gasteiger partial charge in [-0.25, -0.2) is 9.18 Å². The molecule has 0 saturated heterocycles. The molecule has 0 aliphatic rings. The van der Waals surface area contributed by atoms with Gasteiger partial charge in [0.2, 0.25) is 0 Å². The van der Waals surface area contributed by atoms with Crippen molar-refractivity contribution in [2.75, 3.05) is 7.11 Å². The van der Waals surface area contributed by atoms with Crippen LogP contribution in [-0.4, -0.2) is 23.3 Å². The van der Waals surface area contributed by atoms with E-state index in [-0.39, 0.29) is 11.3 Å². The number of carboxylic acid groups (broad SMARTS) is 1. The lowest BCUT2D eigenvalue weighted by atomic mass is 10.2. The molecule has 0 heterocycles. The highest BCUT2D eigenvalue weighted by Gasteiger charge is 2.13. The molecule has 2 N–H and O–H groups in total. The van der Waals surface area contributed by atoms with Gasteiger partial charge in [-0.1, -0.05) is 0 Å². The first kappa shape index (κ1) is 9.31. The first-order chi connectivity index (χ1) is 6.06. The Morgan fingerprint density at radius 2 is 2.15 bits per heavy atom. The van der Waals surface area contributed by atoms with Gasteiger partial charge < -0.3 is 14.9 Å². The van der Waals surface area contributed by atoms with E-state index in [0.717, 1.165) is 12.1 Å². The zero-order chi connectivity index (χ0) is 10.0. The van der Waals surface area contributed by atoms with Crippen molar-refractivity contribution < 1.29 is 24.1 Å². The summed E-state index contributed by atoms with van der Waals surface area (Å²) in [4.78, 5) is 10.4. The summed E-state index contributed by atoms with van der Waals surface area (Å²) in [5.41, 5.74) is -0.271. The summed E-state index contributed by atoms with van der Waals surface area (Å²) in [6.07, 6.45) is 0. The van der Waals surface area contributed by atoms with Crippen LogP contribution in [0.25, 0.3) is 0 Å². The van der Waals surface area contributed by atoms with Gasteiger partial charge in [-0.2, -0.15) is 0 Å². The van der Waals surface area contributed by atoms with Crippen LogP contribution in [0.3, 0.4) is 0 Å². The van der Waals surface area contributed by atoms with E-state index in [1.54, 1.807) is 0 Å². The Morgan fingerprint density at radius 3 is 2.62 bits per heavy atom. The monoisotopic (exact) mass is 186 g/mol. The molecule has 0 aliphatic heterocycles. The van der Waals surface area contributed by atoms with Gasteiger partial charge in [0.15, 0.2) is 17.3 Å². The van der Waals surface area contributed by atoms with E-state index >= 15 is 0 Å². The number of hydrogen-bond acceptors (Lipinski definition) is 3. The number of aromatic hydroxyl groups is 1. The number of phenolic OH excluding ortho intramolecular Hbond substituents is 1. The Labute approximate surface area is 73.2 Å². The fraction of sp³-hybridized carbons (Fsp3) is 0.125. The van der Waals surface area contributed by atoms with Crippen molar-refractivity contribution in [2.24, 2.45) is 0 Å². The molecule has 0 fully saturated rings. The highest BCUT2D eigenvalue weighted by Crippen LogP contribution is 2.29. The van der Waals surface area contributed by atoms with E-state index in [2.05, 4.69) is 4.74 Å². The van der Waals surface area contributed by atoms with Crippen LogP contribution in [0.2, 0.25) is 0 Å². The van der Waals surface area contributed by atoms with E-state index in [1.807, 2.05) is 0 Å². The summed E-state index contributed by atoms with van der Waals surface area (Å²) in [6.45, 7) is 0. The lowest BCUT2D eigenvalue weighted by molar-refractivity contribution is 0.0696. The predicted molar refractivity (Wildman–Crippen MR) is 41.6 cm³/mol. The number of carbonyl (C=O) groups is 1. The van der Waals surface area contributed by atoms with Gasteiger partial charge in [0.25, 0.3) is 0 Å². The van der Waals surface area contributed by atoms with Crippen LogP contribution in [0.4, 0.5) is 4.39 Å². The summed E-state index contributed by atoms with van der Waals surface area (Å²) in [7, 11) is 1.21. The van der Waals surface area contributed by atoms with Crippen molar-refractivity contribution in [1.82, 2.24) is 0 Å². The predicted octanol–water partition coefficient (Wildman–Crippen LogP) is 1.24. The van der Waals surface area contributed by atoms with Crippen LogP contribution in [-0.2, 0) is 0 Å². The quantitative estimate of drug-likeness (QED) is 0.729. The number of phenols is 1. The molecule has 0 aliphatic carbocycles. The van der Waals surface area contributed by atoms with Crippen LogP contribution >= 0.6 is 0 Å². The van der Waals surface area contributed by atoms with Crippen molar-refractivity contribution in [3.05, 3.63) is 23.5 Å². The summed E-state index contributed by atoms with van der Waals surface area (Å²) < 4.78 is 17.4. The lowest BCUT2D eigenvalue weighted by Crippen LogP contribution is -1.98. The van der Waals surface area contributed by atoms with Crippen LogP contribution < -0.4 is 4.74 Å². The molecule has 1 rings (SSSR count). The minimum Gasteiger partial charge on any atom is -0.502 e. The maximum absolute atomic E-state index is 12.8. The Morgan fingerprint density at radius 1 is 1.54 bits per heavy atom. The molecule has 0 atom stereocenters. The van der Waals surface area contributed by atoms with E-state index < -0.39 is 17.5 Å². The second-order valence-electron chi connectivity index (χ2n) is 2.31. The van der Waals surface area contributed by atoms with Crippen LogP contribution in [0.5, 0.6) is 11.5 Å². The fourth-order valence-corrected chi connectivity index (χ4v) is 0.853. The summed E-state index contributed by atoms with van der Waals surface area (Å²) >= 11 is 0. The highest BCUT2D eigenvalue weighted by molar-refractivity contribution is 5.88. The molecule has 0 radical (unpaired) electrons. The van der Waals surface area contributed by atoms with Crippen molar-refractivity contribution in [1.29, 1.82) is 0 Å². The third-order valence-corrected chi connectivity index (χ3v) is 1.50. The average Bonchev–Trinajstić information content (AvgIpc) is 2.09. The van der Waals surface area contributed by atoms with Crippen LogP contribution in [0.1, 0.15) is 10.4 Å². The van der Waals surface area contributed by atoms with E-state index in [1.165, 1.54) is 7.11 Å². The molecule has 0 aromatic heterocycles. The molecule has 1 aromatic rings. The summed E-state index contributed by atoms with van der Waals surface area (Å²) in [5.74, 6) is -3.18. The zero-order valence-corrected chi connectivity index (χ0v) is 6.74. The average molecular weight is 186 g/mol. The number of halogens is 1. The largest absolute Gasteiger partial charge is 0.502 e. The van der Waals surface area contributed by atoms with Crippen molar-refractivity contribution in [3.63, 3.8) is 0 Å². The number of benzene rings is 1. The first-order valence-corrected chi connectivity index (χ1v) is 3.36. The zero-order valence-electron chi connectivity index (χ0n) is 6.74. The fourth-order valence-electron chi connectivity index (χ4n) is 0.853. The lowest BCUT2D eigenvalue weighted by Gasteiger charge is -2.04. The second kappa shape index (κ2) is 3.30. The number of rotatable bonds is 2. The Balaban J connectivity index is 3.30. The molecule has 5 heteroatoms. The van der Waals surface area contributed by atoms with E-state index in [4.69, 9.17) is 10.2 Å². The molecule has 0 spiro atoms. The van der Waals surface area contributed by atoms with Crippen LogP contribution in [0.15, 0.2) is 12.1 Å². The molecule has 1 aromatic carbocycles. The summed E-state index contributed by atoms with van der Waals surface area (Å²) in [5, 5.41) is 17.5. The van der Waals surface area contributed by atoms with Crippen molar-refractivity contribution in [2.45, 2.75) is 0 Å². The molecule has 0 amide bonds. The highest BCUT2D eigenvalue weighted by atomic mass is 19.1. The van der Waals surface area contributed by atoms with E-state index in [0.29, 0.717) is 0 Å². The number of ether oxygens (including phenoxy) is 1. The minimum absolute atomic E-state index is 0.197. The van der Waals surface area contributed by atoms with Crippen molar-refractivity contribution in [3.8, 4) is 11.5 Å². The molecular formula is C8H7FO4. The molecule has 0 saturated carbocycles. The molecule has 0 unspecified atom stereocenters. The topological polar surface area (TPSA) is 66.8 Å².